The number of hydrogen-bond donors (Lipinski definition) is 1. The van der Waals surface area contributed by atoms with Crippen LogP contribution in [-0.4, -0.2) is 15.2 Å². The van der Waals surface area contributed by atoms with E-state index in [9.17, 15) is 0 Å². The van der Waals surface area contributed by atoms with Crippen LogP contribution in [0, 0.1) is 0 Å². The second-order valence-electron chi connectivity index (χ2n) is 3.32. The molecule has 0 radical (unpaired) electrons. The van der Waals surface area contributed by atoms with E-state index >= 15 is 0 Å². The van der Waals surface area contributed by atoms with Crippen molar-refractivity contribution in [3.63, 3.8) is 0 Å². The highest BCUT2D eigenvalue weighted by Crippen LogP contribution is 2.25. The van der Waals surface area contributed by atoms with Gasteiger partial charge < -0.3 is 0 Å². The third kappa shape index (κ3) is 1.40. The molecule has 68 valence electrons. The zero-order valence-electron chi connectivity index (χ0n) is 7.50. The Labute approximate surface area is 81.1 Å². The molecule has 4 heteroatoms. The van der Waals surface area contributed by atoms with E-state index in [1.807, 2.05) is 6.07 Å². The first-order valence-corrected chi connectivity index (χ1v) is 4.56. The van der Waals surface area contributed by atoms with Crippen molar-refractivity contribution >= 4 is 22.6 Å². The fourth-order valence-corrected chi connectivity index (χ4v) is 1.60. The minimum absolute atomic E-state index is 0.431. The molecule has 0 amide bonds. The highest BCUT2D eigenvalue weighted by atomic mass is 35.5. The van der Waals surface area contributed by atoms with Crippen LogP contribution < -0.4 is 0 Å². The van der Waals surface area contributed by atoms with E-state index in [0.717, 1.165) is 11.0 Å². The molecule has 13 heavy (non-hydrogen) atoms. The second-order valence-corrected chi connectivity index (χ2v) is 3.71. The molecule has 0 unspecified atom stereocenters. The van der Waals surface area contributed by atoms with Crippen molar-refractivity contribution in [3.8, 4) is 0 Å². The molecule has 2 aromatic rings. The Hall–Kier alpha value is -1.09. The van der Waals surface area contributed by atoms with E-state index in [4.69, 9.17) is 11.6 Å². The summed E-state index contributed by atoms with van der Waals surface area (Å²) in [4.78, 5) is 4.13. The quantitative estimate of drug-likeness (QED) is 0.711. The molecule has 0 bridgehead atoms. The number of fused-ring (bicyclic) bond motifs is 1. The number of hydrogen-bond acceptors (Lipinski definition) is 2. The van der Waals surface area contributed by atoms with E-state index in [1.165, 1.54) is 5.56 Å². The molecule has 0 aliphatic heterocycles. The molecule has 0 spiro atoms. The highest BCUT2D eigenvalue weighted by Gasteiger charge is 2.08. The fourth-order valence-electron chi connectivity index (χ4n) is 1.40. The van der Waals surface area contributed by atoms with Crippen molar-refractivity contribution in [2.75, 3.05) is 0 Å². The van der Waals surface area contributed by atoms with E-state index in [1.54, 1.807) is 6.20 Å². The van der Waals surface area contributed by atoms with Crippen molar-refractivity contribution in [2.24, 2.45) is 0 Å². The number of aromatic nitrogens is 3. The summed E-state index contributed by atoms with van der Waals surface area (Å²) in [5.41, 5.74) is 1.94. The fraction of sp³-hybridized carbons (Fsp3) is 0.333. The number of halogens is 1. The summed E-state index contributed by atoms with van der Waals surface area (Å²) in [6.07, 6.45) is 1.79. The van der Waals surface area contributed by atoms with Crippen molar-refractivity contribution in [1.82, 2.24) is 15.2 Å². The Kier molecular flexibility index (Phi) is 1.96. The average molecular weight is 196 g/mol. The van der Waals surface area contributed by atoms with Gasteiger partial charge in [-0.1, -0.05) is 25.4 Å². The van der Waals surface area contributed by atoms with Crippen LogP contribution in [0.2, 0.25) is 5.15 Å². The smallest absolute Gasteiger partial charge is 0.157 e. The maximum absolute atomic E-state index is 5.87. The van der Waals surface area contributed by atoms with Crippen LogP contribution in [-0.2, 0) is 0 Å². The van der Waals surface area contributed by atoms with Gasteiger partial charge in [0, 0.05) is 5.39 Å². The molecular formula is C9H10ClN3. The zero-order valence-corrected chi connectivity index (χ0v) is 8.26. The van der Waals surface area contributed by atoms with E-state index in [0.29, 0.717) is 11.1 Å². The predicted molar refractivity (Wildman–Crippen MR) is 53.0 cm³/mol. The lowest BCUT2D eigenvalue weighted by Gasteiger charge is -2.05. The highest BCUT2D eigenvalue weighted by molar-refractivity contribution is 6.29. The molecular weight excluding hydrogens is 186 g/mol. The predicted octanol–water partition coefficient (Wildman–Crippen LogP) is 2.73. The molecule has 3 nitrogen and oxygen atoms in total. The monoisotopic (exact) mass is 195 g/mol. The van der Waals surface area contributed by atoms with Gasteiger partial charge in [0.1, 0.15) is 5.15 Å². The Balaban J connectivity index is 2.77. The van der Waals surface area contributed by atoms with Gasteiger partial charge in [0.05, 0.1) is 6.20 Å². The standard InChI is InChI=1S/C9H10ClN3/c1-5(2)6-3-8(10)12-9-7(6)4-11-13-9/h3-5H,1-2H3,(H,11,12,13). The van der Waals surface area contributed by atoms with Gasteiger partial charge >= 0.3 is 0 Å². The molecule has 2 rings (SSSR count). The van der Waals surface area contributed by atoms with Gasteiger partial charge in [-0.2, -0.15) is 5.10 Å². The lowest BCUT2D eigenvalue weighted by atomic mass is 10.0. The summed E-state index contributed by atoms with van der Waals surface area (Å²) in [5, 5.41) is 8.32. The topological polar surface area (TPSA) is 41.6 Å². The van der Waals surface area contributed by atoms with Crippen molar-refractivity contribution in [1.29, 1.82) is 0 Å². The van der Waals surface area contributed by atoms with Crippen LogP contribution in [0.4, 0.5) is 0 Å². The average Bonchev–Trinajstić information content (AvgIpc) is 2.49. The van der Waals surface area contributed by atoms with Gasteiger partial charge in [0.15, 0.2) is 5.65 Å². The van der Waals surface area contributed by atoms with Crippen LogP contribution in [0.1, 0.15) is 25.3 Å². The first-order chi connectivity index (χ1) is 6.18. The van der Waals surface area contributed by atoms with Crippen LogP contribution >= 0.6 is 11.6 Å². The van der Waals surface area contributed by atoms with E-state index < -0.39 is 0 Å². The molecule has 0 aliphatic rings. The number of nitrogens with one attached hydrogen (secondary N) is 1. The zero-order chi connectivity index (χ0) is 9.42. The lowest BCUT2D eigenvalue weighted by molar-refractivity contribution is 0.874. The minimum atomic E-state index is 0.431. The minimum Gasteiger partial charge on any atom is -0.261 e. The number of rotatable bonds is 1. The Morgan fingerprint density at radius 1 is 1.46 bits per heavy atom. The Morgan fingerprint density at radius 3 is 2.92 bits per heavy atom. The van der Waals surface area contributed by atoms with Gasteiger partial charge in [0.2, 0.25) is 0 Å². The summed E-state index contributed by atoms with van der Waals surface area (Å²) >= 11 is 5.87. The van der Waals surface area contributed by atoms with Gasteiger partial charge in [-0.3, -0.25) is 5.10 Å². The maximum atomic E-state index is 5.87. The Bertz CT molecular complexity index is 433. The summed E-state index contributed by atoms with van der Waals surface area (Å²) in [5.74, 6) is 0.431. The Morgan fingerprint density at radius 2 is 2.23 bits per heavy atom. The van der Waals surface area contributed by atoms with Crippen LogP contribution in [0.5, 0.6) is 0 Å². The third-order valence-corrected chi connectivity index (χ3v) is 2.24. The van der Waals surface area contributed by atoms with Crippen molar-refractivity contribution in [3.05, 3.63) is 23.0 Å². The van der Waals surface area contributed by atoms with Gasteiger partial charge in [0.25, 0.3) is 0 Å². The number of nitrogens with zero attached hydrogens (tertiary/aromatic N) is 2. The van der Waals surface area contributed by atoms with E-state index in [2.05, 4.69) is 29.0 Å². The summed E-state index contributed by atoms with van der Waals surface area (Å²) in [6.45, 7) is 4.25. The lowest BCUT2D eigenvalue weighted by Crippen LogP contribution is -1.90. The summed E-state index contributed by atoms with van der Waals surface area (Å²) in [7, 11) is 0. The first kappa shape index (κ1) is 8.51. The molecule has 1 N–H and O–H groups in total. The van der Waals surface area contributed by atoms with Crippen LogP contribution in [0.15, 0.2) is 12.3 Å². The molecule has 0 fully saturated rings. The van der Waals surface area contributed by atoms with E-state index in [-0.39, 0.29) is 0 Å². The van der Waals surface area contributed by atoms with Crippen LogP contribution in [0.3, 0.4) is 0 Å². The summed E-state index contributed by atoms with van der Waals surface area (Å²) < 4.78 is 0. The SMILES string of the molecule is CC(C)c1cc(Cl)nc2[nH]ncc12. The van der Waals surface area contributed by atoms with Gasteiger partial charge in [-0.05, 0) is 17.5 Å². The molecule has 2 aromatic heterocycles. The number of H-pyrrole nitrogens is 1. The third-order valence-electron chi connectivity index (χ3n) is 2.05. The van der Waals surface area contributed by atoms with Crippen molar-refractivity contribution < 1.29 is 0 Å². The number of aromatic amines is 1. The molecule has 0 aliphatic carbocycles. The van der Waals surface area contributed by atoms with Crippen LogP contribution in [0.25, 0.3) is 11.0 Å². The molecule has 0 aromatic carbocycles. The molecule has 2 heterocycles. The molecule has 0 atom stereocenters. The normalized spacial score (nSPS) is 11.4. The maximum Gasteiger partial charge on any atom is 0.157 e. The summed E-state index contributed by atoms with van der Waals surface area (Å²) in [6, 6.07) is 1.89. The van der Waals surface area contributed by atoms with Crippen molar-refractivity contribution in [2.45, 2.75) is 19.8 Å². The van der Waals surface area contributed by atoms with Gasteiger partial charge in [-0.25, -0.2) is 4.98 Å². The first-order valence-electron chi connectivity index (χ1n) is 4.18. The second kappa shape index (κ2) is 3.00. The molecule has 0 saturated heterocycles. The molecule has 0 saturated carbocycles. The number of pyridine rings is 1. The van der Waals surface area contributed by atoms with Gasteiger partial charge in [-0.15, -0.1) is 0 Å². The largest absolute Gasteiger partial charge is 0.261 e.